The number of thiophene rings is 1. The molecule has 18 heavy (non-hydrogen) atoms. The number of ketones is 1. The Labute approximate surface area is 116 Å². The summed E-state index contributed by atoms with van der Waals surface area (Å²) in [5.74, 6) is 1.36. The molecule has 1 aromatic carbocycles. The van der Waals surface area contributed by atoms with Crippen molar-refractivity contribution in [3.63, 3.8) is 0 Å². The largest absolute Gasteiger partial charge is 0.488 e. The zero-order valence-corrected chi connectivity index (χ0v) is 11.7. The molecule has 2 aromatic rings. The van der Waals surface area contributed by atoms with Crippen molar-refractivity contribution >= 4 is 33.0 Å². The molecule has 5 heteroatoms. The van der Waals surface area contributed by atoms with E-state index in [4.69, 9.17) is 9.47 Å². The van der Waals surface area contributed by atoms with E-state index in [0.717, 1.165) is 9.35 Å². The summed E-state index contributed by atoms with van der Waals surface area (Å²) in [4.78, 5) is 12.5. The molecule has 1 aliphatic heterocycles. The van der Waals surface area contributed by atoms with Crippen LogP contribution >= 0.6 is 27.3 Å². The normalized spacial score (nSPS) is 13.3. The Hall–Kier alpha value is -1.33. The Morgan fingerprint density at radius 3 is 3.06 bits per heavy atom. The average molecular weight is 325 g/mol. The van der Waals surface area contributed by atoms with E-state index in [2.05, 4.69) is 15.9 Å². The van der Waals surface area contributed by atoms with Gasteiger partial charge < -0.3 is 9.47 Å². The summed E-state index contributed by atoms with van der Waals surface area (Å²) < 4.78 is 12.0. The zero-order chi connectivity index (χ0) is 12.5. The molecule has 1 aromatic heterocycles. The molecule has 3 nitrogen and oxygen atoms in total. The second-order valence-electron chi connectivity index (χ2n) is 3.89. The summed E-state index contributed by atoms with van der Waals surface area (Å²) in [7, 11) is 0. The molecular weight excluding hydrogens is 316 g/mol. The van der Waals surface area contributed by atoms with Crippen LogP contribution in [0, 0.1) is 0 Å². The van der Waals surface area contributed by atoms with Gasteiger partial charge in [-0.3, -0.25) is 4.79 Å². The van der Waals surface area contributed by atoms with Crippen molar-refractivity contribution in [2.24, 2.45) is 0 Å². The average Bonchev–Trinajstić information content (AvgIpc) is 2.94. The molecule has 3 rings (SSSR count). The number of halogens is 1. The molecule has 0 fully saturated rings. The number of fused-ring (bicyclic) bond motifs is 1. The number of carbonyl (C=O) groups excluding carboxylic acids is 1. The standard InChI is InChI=1S/C13H9BrO3S/c14-8-3-10(18-7-8)5-16-9-1-2-11-12(15)6-17-13(11)4-9/h1-4,7H,5-6H2. The molecule has 0 N–H and O–H groups in total. The van der Waals surface area contributed by atoms with Crippen molar-refractivity contribution in [2.45, 2.75) is 6.61 Å². The van der Waals surface area contributed by atoms with Gasteiger partial charge >= 0.3 is 0 Å². The summed E-state index contributed by atoms with van der Waals surface area (Å²) in [5.41, 5.74) is 0.640. The van der Waals surface area contributed by atoms with Gasteiger partial charge in [-0.2, -0.15) is 0 Å². The summed E-state index contributed by atoms with van der Waals surface area (Å²) in [6, 6.07) is 7.35. The van der Waals surface area contributed by atoms with Gasteiger partial charge in [0, 0.05) is 20.8 Å². The number of rotatable bonds is 3. The fourth-order valence-electron chi connectivity index (χ4n) is 1.75. The summed E-state index contributed by atoms with van der Waals surface area (Å²) in [6.45, 7) is 0.652. The molecule has 0 saturated carbocycles. The van der Waals surface area contributed by atoms with Crippen LogP contribution in [0.2, 0.25) is 0 Å². The Balaban J connectivity index is 1.72. The van der Waals surface area contributed by atoms with Gasteiger partial charge in [0.15, 0.2) is 6.61 Å². The summed E-state index contributed by atoms with van der Waals surface area (Å²) in [6.07, 6.45) is 0. The van der Waals surface area contributed by atoms with Gasteiger partial charge in [0.1, 0.15) is 18.1 Å². The molecule has 0 aliphatic carbocycles. The topological polar surface area (TPSA) is 35.5 Å². The molecule has 0 bridgehead atoms. The van der Waals surface area contributed by atoms with Crippen LogP contribution in [0.25, 0.3) is 0 Å². The molecule has 0 amide bonds. The van der Waals surface area contributed by atoms with Crippen LogP contribution in [-0.2, 0) is 6.61 Å². The maximum absolute atomic E-state index is 11.4. The van der Waals surface area contributed by atoms with Crippen LogP contribution in [-0.4, -0.2) is 12.4 Å². The third kappa shape index (κ3) is 2.28. The van der Waals surface area contributed by atoms with Crippen molar-refractivity contribution < 1.29 is 14.3 Å². The number of hydrogen-bond donors (Lipinski definition) is 0. The van der Waals surface area contributed by atoms with Gasteiger partial charge in [0.25, 0.3) is 0 Å². The van der Waals surface area contributed by atoms with Crippen molar-refractivity contribution in [1.29, 1.82) is 0 Å². The predicted molar refractivity (Wildman–Crippen MR) is 72.6 cm³/mol. The Bertz CT molecular complexity index is 606. The first-order valence-electron chi connectivity index (χ1n) is 5.38. The highest BCUT2D eigenvalue weighted by Crippen LogP contribution is 2.30. The van der Waals surface area contributed by atoms with E-state index in [1.165, 1.54) is 0 Å². The highest BCUT2D eigenvalue weighted by Gasteiger charge is 2.21. The van der Waals surface area contributed by atoms with Crippen molar-refractivity contribution in [2.75, 3.05) is 6.61 Å². The molecule has 0 spiro atoms. The Morgan fingerprint density at radius 1 is 1.39 bits per heavy atom. The van der Waals surface area contributed by atoms with Gasteiger partial charge in [-0.15, -0.1) is 11.3 Å². The van der Waals surface area contributed by atoms with Crippen LogP contribution < -0.4 is 9.47 Å². The minimum absolute atomic E-state index is 0.0266. The van der Waals surface area contributed by atoms with E-state index in [9.17, 15) is 4.79 Å². The third-order valence-electron chi connectivity index (χ3n) is 2.62. The number of carbonyl (C=O) groups is 1. The lowest BCUT2D eigenvalue weighted by Gasteiger charge is -2.05. The van der Waals surface area contributed by atoms with Crippen LogP contribution in [0.5, 0.6) is 11.5 Å². The zero-order valence-electron chi connectivity index (χ0n) is 9.31. The summed E-state index contributed by atoms with van der Waals surface area (Å²) >= 11 is 5.04. The number of hydrogen-bond acceptors (Lipinski definition) is 4. The molecule has 92 valence electrons. The Morgan fingerprint density at radius 2 is 2.28 bits per heavy atom. The molecule has 0 saturated heterocycles. The van der Waals surface area contributed by atoms with E-state index in [-0.39, 0.29) is 12.4 Å². The van der Waals surface area contributed by atoms with E-state index in [1.807, 2.05) is 11.4 Å². The maximum atomic E-state index is 11.4. The molecule has 0 unspecified atom stereocenters. The van der Waals surface area contributed by atoms with Crippen LogP contribution in [0.3, 0.4) is 0 Å². The second kappa shape index (κ2) is 4.74. The van der Waals surface area contributed by atoms with E-state index in [1.54, 1.807) is 29.5 Å². The molecule has 1 aliphatic rings. The van der Waals surface area contributed by atoms with E-state index >= 15 is 0 Å². The SMILES string of the molecule is O=C1COc2cc(OCc3cc(Br)cs3)ccc21. The fraction of sp³-hybridized carbons (Fsp3) is 0.154. The van der Waals surface area contributed by atoms with Gasteiger partial charge in [-0.25, -0.2) is 0 Å². The van der Waals surface area contributed by atoms with Gasteiger partial charge in [0.05, 0.1) is 5.56 Å². The van der Waals surface area contributed by atoms with Gasteiger partial charge in [0.2, 0.25) is 5.78 Å². The fourth-order valence-corrected chi connectivity index (χ4v) is 3.11. The minimum atomic E-state index is 0.0266. The van der Waals surface area contributed by atoms with Crippen molar-refractivity contribution in [3.05, 3.63) is 44.6 Å². The van der Waals surface area contributed by atoms with Crippen LogP contribution in [0.4, 0.5) is 0 Å². The molecule has 0 atom stereocenters. The Kier molecular flexibility index (Phi) is 3.09. The maximum Gasteiger partial charge on any atom is 0.203 e. The van der Waals surface area contributed by atoms with Crippen molar-refractivity contribution in [3.8, 4) is 11.5 Å². The van der Waals surface area contributed by atoms with Crippen LogP contribution in [0.15, 0.2) is 34.1 Å². The highest BCUT2D eigenvalue weighted by atomic mass is 79.9. The molecule has 0 radical (unpaired) electrons. The minimum Gasteiger partial charge on any atom is -0.488 e. The highest BCUT2D eigenvalue weighted by molar-refractivity contribution is 9.10. The second-order valence-corrected chi connectivity index (χ2v) is 5.80. The van der Waals surface area contributed by atoms with Gasteiger partial charge in [-0.1, -0.05) is 0 Å². The van der Waals surface area contributed by atoms with Gasteiger partial charge in [-0.05, 0) is 34.1 Å². The number of benzene rings is 1. The summed E-state index contributed by atoms with van der Waals surface area (Å²) in [5, 5.41) is 2.02. The lowest BCUT2D eigenvalue weighted by molar-refractivity contribution is 0.0961. The van der Waals surface area contributed by atoms with Crippen molar-refractivity contribution in [1.82, 2.24) is 0 Å². The monoisotopic (exact) mass is 324 g/mol. The van der Waals surface area contributed by atoms with Crippen LogP contribution in [0.1, 0.15) is 15.2 Å². The first kappa shape index (κ1) is 11.7. The first-order valence-corrected chi connectivity index (χ1v) is 7.05. The van der Waals surface area contributed by atoms with E-state index < -0.39 is 0 Å². The molecule has 2 heterocycles. The predicted octanol–water partition coefficient (Wildman–Crippen LogP) is 3.66. The quantitative estimate of drug-likeness (QED) is 0.864. The third-order valence-corrected chi connectivity index (χ3v) is 4.29. The van der Waals surface area contributed by atoms with E-state index in [0.29, 0.717) is 23.7 Å². The lowest BCUT2D eigenvalue weighted by Crippen LogP contribution is -1.98. The number of Topliss-reactive ketones (excluding diaryl/α,β-unsaturated/α-hetero) is 1. The molecular formula is C13H9BrO3S. The first-order chi connectivity index (χ1) is 8.72. The number of ether oxygens (including phenoxy) is 2. The lowest BCUT2D eigenvalue weighted by atomic mass is 10.1. The smallest absolute Gasteiger partial charge is 0.203 e.